The highest BCUT2D eigenvalue weighted by Gasteiger charge is 2.54. The normalized spacial score (nSPS) is 18.3. The lowest BCUT2D eigenvalue weighted by Crippen LogP contribution is -2.50. The SMILES string of the molecule is CCc1cc(-c2cc(C(=O)N3CCC(C(=O)NCc4ncc(F)cc4Cl)CC34CC4)n[nH]2)c(F)cn1. The van der Waals surface area contributed by atoms with E-state index in [1.165, 1.54) is 6.20 Å². The molecule has 0 radical (unpaired) electrons. The fourth-order valence-electron chi connectivity index (χ4n) is 4.83. The molecule has 2 amide bonds. The van der Waals surface area contributed by atoms with Crippen molar-refractivity contribution >= 4 is 23.4 Å². The second-order valence-corrected chi connectivity index (χ2v) is 9.75. The van der Waals surface area contributed by atoms with E-state index < -0.39 is 11.6 Å². The zero-order valence-electron chi connectivity index (χ0n) is 19.7. The molecule has 188 valence electrons. The molecule has 4 heterocycles. The van der Waals surface area contributed by atoms with E-state index in [4.69, 9.17) is 11.6 Å². The first-order valence-corrected chi connectivity index (χ1v) is 12.3. The highest BCUT2D eigenvalue weighted by Crippen LogP contribution is 2.50. The number of carbonyl (C=O) groups is 2. The fraction of sp³-hybridized carbons (Fsp3) is 0.400. The zero-order chi connectivity index (χ0) is 25.4. The molecule has 2 aliphatic rings. The number of aryl methyl sites for hydroxylation is 1. The van der Waals surface area contributed by atoms with Crippen molar-refractivity contribution < 1.29 is 18.4 Å². The minimum Gasteiger partial charge on any atom is -0.350 e. The van der Waals surface area contributed by atoms with Gasteiger partial charge in [0.1, 0.15) is 5.82 Å². The topological polar surface area (TPSA) is 104 Å². The largest absolute Gasteiger partial charge is 0.350 e. The van der Waals surface area contributed by atoms with Crippen molar-refractivity contribution in [3.63, 3.8) is 0 Å². The molecular weight excluding hydrogens is 490 g/mol. The van der Waals surface area contributed by atoms with Crippen LogP contribution in [0.4, 0.5) is 8.78 Å². The number of nitrogens with zero attached hydrogens (tertiary/aromatic N) is 4. The number of pyridine rings is 2. The molecule has 0 aromatic carbocycles. The van der Waals surface area contributed by atoms with E-state index >= 15 is 0 Å². The Morgan fingerprint density at radius 1 is 1.22 bits per heavy atom. The third kappa shape index (κ3) is 4.69. The Morgan fingerprint density at radius 3 is 2.75 bits per heavy atom. The van der Waals surface area contributed by atoms with Gasteiger partial charge in [-0.25, -0.2) is 8.78 Å². The van der Waals surface area contributed by atoms with Gasteiger partial charge >= 0.3 is 0 Å². The van der Waals surface area contributed by atoms with Crippen LogP contribution in [0.2, 0.25) is 5.02 Å². The Labute approximate surface area is 211 Å². The summed E-state index contributed by atoms with van der Waals surface area (Å²) in [6.07, 6.45) is 5.56. The Kier molecular flexibility index (Phi) is 6.46. The lowest BCUT2D eigenvalue weighted by Gasteiger charge is -2.39. The van der Waals surface area contributed by atoms with E-state index in [-0.39, 0.29) is 40.5 Å². The van der Waals surface area contributed by atoms with Gasteiger partial charge in [0.05, 0.1) is 35.3 Å². The summed E-state index contributed by atoms with van der Waals surface area (Å²) in [4.78, 5) is 36.0. The quantitative estimate of drug-likeness (QED) is 0.516. The van der Waals surface area contributed by atoms with Gasteiger partial charge in [0, 0.05) is 29.3 Å². The highest BCUT2D eigenvalue weighted by molar-refractivity contribution is 6.31. The molecule has 3 aromatic heterocycles. The van der Waals surface area contributed by atoms with Crippen LogP contribution in [0.15, 0.2) is 30.6 Å². The van der Waals surface area contributed by atoms with Crippen LogP contribution in [0.25, 0.3) is 11.3 Å². The smallest absolute Gasteiger partial charge is 0.274 e. The van der Waals surface area contributed by atoms with Crippen LogP contribution in [-0.2, 0) is 17.8 Å². The maximum Gasteiger partial charge on any atom is 0.274 e. The minimum absolute atomic E-state index is 0.103. The Hall–Kier alpha value is -3.40. The van der Waals surface area contributed by atoms with Crippen LogP contribution in [0.5, 0.6) is 0 Å². The molecule has 11 heteroatoms. The number of aromatic amines is 1. The van der Waals surface area contributed by atoms with E-state index in [1.807, 2.05) is 6.92 Å². The van der Waals surface area contributed by atoms with Gasteiger partial charge < -0.3 is 10.2 Å². The number of hydrogen-bond acceptors (Lipinski definition) is 5. The van der Waals surface area contributed by atoms with Crippen LogP contribution < -0.4 is 5.32 Å². The third-order valence-electron chi connectivity index (χ3n) is 7.02. The van der Waals surface area contributed by atoms with Crippen LogP contribution in [0.3, 0.4) is 0 Å². The van der Waals surface area contributed by atoms with Gasteiger partial charge in [-0.2, -0.15) is 5.10 Å². The van der Waals surface area contributed by atoms with Crippen molar-refractivity contribution in [2.45, 2.75) is 51.1 Å². The average Bonchev–Trinajstić information content (AvgIpc) is 3.44. The van der Waals surface area contributed by atoms with Crippen molar-refractivity contribution in [2.75, 3.05) is 6.54 Å². The van der Waals surface area contributed by atoms with Crippen molar-refractivity contribution in [1.29, 1.82) is 0 Å². The molecule has 3 aromatic rings. The number of aromatic nitrogens is 4. The van der Waals surface area contributed by atoms with Crippen molar-refractivity contribution in [3.8, 4) is 11.3 Å². The maximum absolute atomic E-state index is 14.3. The summed E-state index contributed by atoms with van der Waals surface area (Å²) in [5.74, 6) is -1.66. The number of rotatable bonds is 6. The van der Waals surface area contributed by atoms with Crippen LogP contribution >= 0.6 is 11.6 Å². The molecule has 1 spiro atoms. The molecule has 1 aliphatic heterocycles. The first-order chi connectivity index (χ1) is 17.3. The van der Waals surface area contributed by atoms with Gasteiger partial charge in [0.25, 0.3) is 5.91 Å². The molecule has 1 saturated carbocycles. The van der Waals surface area contributed by atoms with E-state index in [0.717, 1.165) is 30.8 Å². The Morgan fingerprint density at radius 2 is 2.03 bits per heavy atom. The molecule has 5 rings (SSSR count). The van der Waals surface area contributed by atoms with Gasteiger partial charge in [-0.3, -0.25) is 24.7 Å². The molecular formula is C25H25ClF2N6O2. The summed E-state index contributed by atoms with van der Waals surface area (Å²) in [7, 11) is 0. The van der Waals surface area contributed by atoms with Crippen molar-refractivity contribution in [1.82, 2.24) is 30.4 Å². The molecule has 2 N–H and O–H groups in total. The summed E-state index contributed by atoms with van der Waals surface area (Å²) in [6.45, 7) is 2.45. The second-order valence-electron chi connectivity index (χ2n) is 9.35. The van der Waals surface area contributed by atoms with Crippen LogP contribution in [0.1, 0.15) is 54.5 Å². The Balaban J connectivity index is 1.24. The standard InChI is InChI=1S/C25H25ClF2N6O2/c1-2-16-8-17(19(28)12-29-16)20-9-21(33-32-20)24(36)34-6-3-14(10-25(34)4-5-25)23(35)31-13-22-18(26)7-15(27)11-30-22/h7-9,11-12,14H,2-6,10,13H2,1H3,(H,31,35)(H,32,33). The number of halogens is 3. The number of nitrogens with one attached hydrogen (secondary N) is 2. The summed E-state index contributed by atoms with van der Waals surface area (Å²) in [6, 6.07) is 4.37. The minimum atomic E-state index is -0.538. The first kappa shape index (κ1) is 24.3. The number of H-pyrrole nitrogens is 1. The molecule has 36 heavy (non-hydrogen) atoms. The van der Waals surface area contributed by atoms with Gasteiger partial charge in [0.2, 0.25) is 5.91 Å². The predicted molar refractivity (Wildman–Crippen MR) is 128 cm³/mol. The zero-order valence-corrected chi connectivity index (χ0v) is 20.4. The lowest BCUT2D eigenvalue weighted by molar-refractivity contribution is -0.127. The summed E-state index contributed by atoms with van der Waals surface area (Å²) < 4.78 is 27.5. The molecule has 2 fully saturated rings. The molecule has 1 saturated heterocycles. The molecule has 1 unspecified atom stereocenters. The number of piperidine rings is 1. The highest BCUT2D eigenvalue weighted by atomic mass is 35.5. The summed E-state index contributed by atoms with van der Waals surface area (Å²) in [5.41, 5.74) is 1.71. The van der Waals surface area contributed by atoms with Crippen molar-refractivity contribution in [2.24, 2.45) is 5.92 Å². The second kappa shape index (κ2) is 9.57. The maximum atomic E-state index is 14.3. The van der Waals surface area contributed by atoms with Gasteiger partial charge in [-0.05, 0) is 50.3 Å². The number of likely N-dealkylation sites (tertiary alicyclic amines) is 1. The van der Waals surface area contributed by atoms with E-state index in [2.05, 4.69) is 25.5 Å². The predicted octanol–water partition coefficient (Wildman–Crippen LogP) is 4.06. The Bertz CT molecular complexity index is 1330. The number of carbonyl (C=O) groups excluding carboxylic acids is 2. The molecule has 0 bridgehead atoms. The van der Waals surface area contributed by atoms with E-state index in [9.17, 15) is 18.4 Å². The van der Waals surface area contributed by atoms with E-state index in [1.54, 1.807) is 17.0 Å². The first-order valence-electron chi connectivity index (χ1n) is 11.9. The fourth-order valence-corrected chi connectivity index (χ4v) is 5.05. The van der Waals surface area contributed by atoms with Crippen LogP contribution in [-0.4, -0.2) is 49.0 Å². The third-order valence-corrected chi connectivity index (χ3v) is 7.35. The summed E-state index contributed by atoms with van der Waals surface area (Å²) >= 11 is 6.00. The monoisotopic (exact) mass is 514 g/mol. The lowest BCUT2D eigenvalue weighted by atomic mass is 9.88. The number of amides is 2. The van der Waals surface area contributed by atoms with Crippen molar-refractivity contribution in [3.05, 3.63) is 64.3 Å². The summed E-state index contributed by atoms with van der Waals surface area (Å²) in [5, 5.41) is 9.93. The number of hydrogen-bond donors (Lipinski definition) is 2. The van der Waals surface area contributed by atoms with Gasteiger partial charge in [0.15, 0.2) is 11.5 Å². The van der Waals surface area contributed by atoms with E-state index in [0.29, 0.717) is 42.8 Å². The van der Waals surface area contributed by atoms with Gasteiger partial charge in [-0.15, -0.1) is 0 Å². The molecule has 8 nitrogen and oxygen atoms in total. The van der Waals surface area contributed by atoms with Crippen LogP contribution in [0, 0.1) is 17.6 Å². The van der Waals surface area contributed by atoms with Gasteiger partial charge in [-0.1, -0.05) is 18.5 Å². The molecule has 1 aliphatic carbocycles. The average molecular weight is 515 g/mol. The molecule has 1 atom stereocenters.